The van der Waals surface area contributed by atoms with Crippen molar-refractivity contribution < 1.29 is 33.1 Å². The highest BCUT2D eigenvalue weighted by atomic mass is 32.2. The van der Waals surface area contributed by atoms with E-state index in [2.05, 4.69) is 30.7 Å². The molecule has 0 saturated carbocycles. The molecule has 8 N–H and O–H groups in total. The van der Waals surface area contributed by atoms with Gasteiger partial charge in [0, 0.05) is 11.1 Å². The van der Waals surface area contributed by atoms with Gasteiger partial charge >= 0.3 is 5.97 Å². The average Bonchev–Trinajstić information content (AvgIpc) is 3.10. The molecule has 0 bridgehead atoms. The van der Waals surface area contributed by atoms with Gasteiger partial charge in [0.1, 0.15) is 27.6 Å². The quantitative estimate of drug-likeness (QED) is 0.0475. The number of phenolic OH excluding ortho intramolecular Hbond substituents is 1. The summed E-state index contributed by atoms with van der Waals surface area (Å²) >= 11 is 0. The number of rotatable bonds is 9. The number of aromatic hydroxyl groups is 2. The molecule has 0 spiro atoms. The molecule has 6 aromatic carbocycles. The Labute approximate surface area is 289 Å². The molecule has 0 saturated heterocycles. The molecule has 0 aromatic heterocycles. The molecular formula is C35H26N8O7S. The van der Waals surface area contributed by atoms with Crippen LogP contribution in [-0.2, 0) is 10.1 Å². The number of hydrogen-bond acceptors (Lipinski definition) is 13. The molecule has 0 aliphatic carbocycles. The number of carboxylic acids is 1. The number of anilines is 2. The van der Waals surface area contributed by atoms with E-state index < -0.39 is 32.4 Å². The number of phenols is 2. The summed E-state index contributed by atoms with van der Waals surface area (Å²) in [4.78, 5) is 10.6. The second kappa shape index (κ2) is 13.8. The van der Waals surface area contributed by atoms with Gasteiger partial charge in [0.15, 0.2) is 5.75 Å². The molecule has 0 radical (unpaired) electrons. The third-order valence-corrected chi connectivity index (χ3v) is 8.33. The van der Waals surface area contributed by atoms with E-state index in [0.717, 1.165) is 11.1 Å². The van der Waals surface area contributed by atoms with Gasteiger partial charge in [0.05, 0.1) is 28.4 Å². The Bertz CT molecular complexity index is 2520. The summed E-state index contributed by atoms with van der Waals surface area (Å²) in [6.07, 6.45) is 0. The first kappa shape index (κ1) is 33.8. The van der Waals surface area contributed by atoms with Crippen molar-refractivity contribution >= 4 is 72.4 Å². The maximum absolute atomic E-state index is 12.3. The van der Waals surface area contributed by atoms with Crippen molar-refractivity contribution in [2.24, 2.45) is 30.7 Å². The van der Waals surface area contributed by atoms with Crippen LogP contribution in [0.25, 0.3) is 21.9 Å². The molecule has 0 fully saturated rings. The molecule has 15 nitrogen and oxygen atoms in total. The molecule has 254 valence electrons. The number of carbonyl (C=O) groups is 1. The summed E-state index contributed by atoms with van der Waals surface area (Å²) in [7, 11) is -4.82. The van der Waals surface area contributed by atoms with E-state index in [1.165, 1.54) is 36.4 Å². The Morgan fingerprint density at radius 3 is 1.76 bits per heavy atom. The minimum atomic E-state index is -4.82. The molecule has 0 amide bonds. The maximum Gasteiger partial charge on any atom is 0.339 e. The van der Waals surface area contributed by atoms with E-state index in [-0.39, 0.29) is 27.8 Å². The van der Waals surface area contributed by atoms with Gasteiger partial charge in [-0.05, 0) is 95.4 Å². The molecular weight excluding hydrogens is 677 g/mol. The van der Waals surface area contributed by atoms with Gasteiger partial charge in [-0.25, -0.2) is 4.79 Å². The van der Waals surface area contributed by atoms with Gasteiger partial charge in [-0.3, -0.25) is 4.55 Å². The lowest BCUT2D eigenvalue weighted by molar-refractivity contribution is 0.0693. The van der Waals surface area contributed by atoms with Gasteiger partial charge in [0.2, 0.25) is 0 Å². The van der Waals surface area contributed by atoms with E-state index in [0.29, 0.717) is 34.1 Å². The largest absolute Gasteiger partial charge is 0.507 e. The zero-order valence-electron chi connectivity index (χ0n) is 26.2. The standard InChI is InChI=1S/C35H26N8O7S/c36-22-6-13-30(29(37)16-22)42-41-25-11-5-21-15-32(51(48,49)50)33(34(45)27(21)17-25)43-39-24-9-3-20(4-10-24)19-1-7-23(8-2-19)38-40-26-12-14-31(44)28(18-26)35(46)47/h1-18,44-45H,36-37H2,(H,46,47)(H,48,49,50). The number of nitrogen functional groups attached to an aromatic ring is 2. The summed E-state index contributed by atoms with van der Waals surface area (Å²) in [6, 6.07) is 28.1. The topological polar surface area (TPSA) is 258 Å². The summed E-state index contributed by atoms with van der Waals surface area (Å²) in [5.74, 6) is -2.20. The molecule has 0 unspecified atom stereocenters. The lowest BCUT2D eigenvalue weighted by Crippen LogP contribution is -1.99. The number of nitrogens with zero attached hydrogens (tertiary/aromatic N) is 6. The predicted octanol–water partition coefficient (Wildman–Crippen LogP) is 9.27. The van der Waals surface area contributed by atoms with Crippen LogP contribution in [0.1, 0.15) is 10.4 Å². The highest BCUT2D eigenvalue weighted by Gasteiger charge is 2.22. The van der Waals surface area contributed by atoms with Crippen LogP contribution < -0.4 is 11.5 Å². The van der Waals surface area contributed by atoms with Crippen LogP contribution in [0.4, 0.5) is 45.5 Å². The molecule has 6 rings (SSSR count). The second-order valence-corrected chi connectivity index (χ2v) is 12.4. The Balaban J connectivity index is 1.23. The predicted molar refractivity (Wildman–Crippen MR) is 190 cm³/mol. The van der Waals surface area contributed by atoms with Gasteiger partial charge in [-0.1, -0.05) is 30.3 Å². The first-order valence-corrected chi connectivity index (χ1v) is 16.2. The van der Waals surface area contributed by atoms with E-state index in [1.807, 2.05) is 0 Å². The zero-order chi connectivity index (χ0) is 36.3. The van der Waals surface area contributed by atoms with Crippen LogP contribution in [0.3, 0.4) is 0 Å². The fraction of sp³-hybridized carbons (Fsp3) is 0. The molecule has 0 heterocycles. The fourth-order valence-corrected chi connectivity index (χ4v) is 5.54. The van der Waals surface area contributed by atoms with Crippen LogP contribution in [0, 0.1) is 0 Å². The number of fused-ring (bicyclic) bond motifs is 1. The minimum Gasteiger partial charge on any atom is -0.507 e. The van der Waals surface area contributed by atoms with Crippen LogP contribution in [0.15, 0.2) is 145 Å². The summed E-state index contributed by atoms with van der Waals surface area (Å²) < 4.78 is 34.5. The molecule has 16 heteroatoms. The van der Waals surface area contributed by atoms with Gasteiger partial charge < -0.3 is 26.8 Å². The van der Waals surface area contributed by atoms with Crippen molar-refractivity contribution in [3.63, 3.8) is 0 Å². The van der Waals surface area contributed by atoms with Crippen molar-refractivity contribution in [2.75, 3.05) is 11.5 Å². The van der Waals surface area contributed by atoms with E-state index >= 15 is 0 Å². The first-order chi connectivity index (χ1) is 24.4. The fourth-order valence-electron chi connectivity index (χ4n) is 4.88. The SMILES string of the molecule is Nc1ccc(N=Nc2ccc3cc(S(=O)(=O)O)c(N=Nc4ccc(-c5ccc(N=Nc6ccc(O)c(C(=O)O)c6)cc5)cc4)c(O)c3c2)c(N)c1. The maximum atomic E-state index is 12.3. The number of aromatic carboxylic acids is 1. The Hall–Kier alpha value is -7.04. The second-order valence-electron chi connectivity index (χ2n) is 11.0. The molecule has 6 aromatic rings. The highest BCUT2D eigenvalue weighted by Crippen LogP contribution is 2.43. The molecule has 51 heavy (non-hydrogen) atoms. The third-order valence-electron chi connectivity index (χ3n) is 7.46. The van der Waals surface area contributed by atoms with Crippen LogP contribution in [0.5, 0.6) is 11.5 Å². The lowest BCUT2D eigenvalue weighted by atomic mass is 10.1. The first-order valence-electron chi connectivity index (χ1n) is 14.8. The zero-order valence-corrected chi connectivity index (χ0v) is 27.0. The molecule has 0 atom stereocenters. The Kier molecular flexibility index (Phi) is 9.18. The summed E-state index contributed by atoms with van der Waals surface area (Å²) in [5, 5.41) is 55.0. The van der Waals surface area contributed by atoms with Crippen molar-refractivity contribution in [2.45, 2.75) is 4.90 Å². The van der Waals surface area contributed by atoms with Crippen LogP contribution in [-0.4, -0.2) is 34.3 Å². The van der Waals surface area contributed by atoms with E-state index in [9.17, 15) is 28.0 Å². The summed E-state index contributed by atoms with van der Waals surface area (Å²) in [5.41, 5.74) is 15.1. The molecule has 0 aliphatic heterocycles. The van der Waals surface area contributed by atoms with E-state index in [1.54, 1.807) is 72.8 Å². The van der Waals surface area contributed by atoms with Crippen molar-refractivity contribution in [1.82, 2.24) is 0 Å². The highest BCUT2D eigenvalue weighted by molar-refractivity contribution is 7.86. The smallest absolute Gasteiger partial charge is 0.339 e. The Morgan fingerprint density at radius 2 is 1.16 bits per heavy atom. The van der Waals surface area contributed by atoms with Crippen molar-refractivity contribution in [3.05, 3.63) is 115 Å². The monoisotopic (exact) mass is 702 g/mol. The van der Waals surface area contributed by atoms with Crippen LogP contribution >= 0.6 is 0 Å². The summed E-state index contributed by atoms with van der Waals surface area (Å²) in [6.45, 7) is 0. The number of benzene rings is 6. The number of azo groups is 3. The minimum absolute atomic E-state index is 0.185. The van der Waals surface area contributed by atoms with Gasteiger partial charge in [-0.15, -0.1) is 10.2 Å². The van der Waals surface area contributed by atoms with Crippen LogP contribution in [0.2, 0.25) is 0 Å². The number of hydrogen-bond donors (Lipinski definition) is 6. The van der Waals surface area contributed by atoms with Gasteiger partial charge in [-0.2, -0.15) is 28.9 Å². The number of nitrogens with two attached hydrogens (primary N) is 2. The third kappa shape index (κ3) is 7.67. The Morgan fingerprint density at radius 1 is 0.608 bits per heavy atom. The van der Waals surface area contributed by atoms with E-state index in [4.69, 9.17) is 16.6 Å². The lowest BCUT2D eigenvalue weighted by Gasteiger charge is -2.09. The molecule has 0 aliphatic rings. The van der Waals surface area contributed by atoms with Crippen molar-refractivity contribution in [3.8, 4) is 22.6 Å². The van der Waals surface area contributed by atoms with Gasteiger partial charge in [0.25, 0.3) is 10.1 Å². The normalized spacial score (nSPS) is 12.0. The average molecular weight is 703 g/mol. The van der Waals surface area contributed by atoms with Crippen molar-refractivity contribution in [1.29, 1.82) is 0 Å². The number of carboxylic acid groups (broad SMARTS) is 1.